The number of ketones is 1. The molecule has 0 aliphatic heterocycles. The van der Waals surface area contributed by atoms with E-state index in [4.69, 9.17) is 11.5 Å². The van der Waals surface area contributed by atoms with Gasteiger partial charge in [0, 0.05) is 6.42 Å². The van der Waals surface area contributed by atoms with Crippen LogP contribution in [0.15, 0.2) is 30.3 Å². The van der Waals surface area contributed by atoms with Crippen LogP contribution in [0.25, 0.3) is 0 Å². The van der Waals surface area contributed by atoms with Crippen molar-refractivity contribution in [3.8, 4) is 0 Å². The van der Waals surface area contributed by atoms with Crippen LogP contribution in [-0.4, -0.2) is 17.7 Å². The third-order valence-corrected chi connectivity index (χ3v) is 2.40. The maximum Gasteiger partial charge on any atom is 0.218 e. The lowest BCUT2D eigenvalue weighted by Crippen LogP contribution is -2.33. The highest BCUT2D eigenvalue weighted by molar-refractivity contribution is 5.93. The molecule has 1 unspecified atom stereocenters. The van der Waals surface area contributed by atoms with E-state index in [1.165, 1.54) is 0 Å². The molecule has 0 aliphatic rings. The lowest BCUT2D eigenvalue weighted by Gasteiger charge is -2.16. The zero-order valence-electron chi connectivity index (χ0n) is 9.22. The smallest absolute Gasteiger partial charge is 0.218 e. The van der Waals surface area contributed by atoms with E-state index in [0.717, 1.165) is 5.56 Å². The molecule has 0 aromatic heterocycles. The number of carbonyl (C=O) groups is 2. The molecule has 0 heterocycles. The first-order valence-electron chi connectivity index (χ1n) is 5.15. The molecular weight excluding hydrogens is 204 g/mol. The van der Waals surface area contributed by atoms with Gasteiger partial charge in [0.25, 0.3) is 0 Å². The van der Waals surface area contributed by atoms with Gasteiger partial charge in [-0.05, 0) is 12.5 Å². The third-order valence-electron chi connectivity index (χ3n) is 2.40. The van der Waals surface area contributed by atoms with E-state index in [9.17, 15) is 9.59 Å². The first kappa shape index (κ1) is 12.4. The summed E-state index contributed by atoms with van der Waals surface area (Å²) in [6.45, 7) is 1.61. The van der Waals surface area contributed by atoms with Crippen LogP contribution in [0.2, 0.25) is 0 Å². The number of hydrogen-bond donors (Lipinski definition) is 2. The number of rotatable bonds is 5. The molecule has 1 rings (SSSR count). The molecular formula is C12H16N2O2. The molecule has 86 valence electrons. The summed E-state index contributed by atoms with van der Waals surface area (Å²) in [7, 11) is 0. The van der Waals surface area contributed by atoms with Gasteiger partial charge < -0.3 is 11.5 Å². The average molecular weight is 220 g/mol. The minimum Gasteiger partial charge on any atom is -0.370 e. The van der Waals surface area contributed by atoms with Crippen molar-refractivity contribution in [3.05, 3.63) is 35.9 Å². The van der Waals surface area contributed by atoms with E-state index >= 15 is 0 Å². The number of hydrogen-bond acceptors (Lipinski definition) is 3. The van der Waals surface area contributed by atoms with E-state index in [1.54, 1.807) is 19.1 Å². The van der Waals surface area contributed by atoms with Crippen molar-refractivity contribution in [2.45, 2.75) is 25.3 Å². The van der Waals surface area contributed by atoms with Gasteiger partial charge in [0.1, 0.15) is 0 Å². The fourth-order valence-corrected chi connectivity index (χ4v) is 1.59. The number of carbonyl (C=O) groups excluding carboxylic acids is 2. The summed E-state index contributed by atoms with van der Waals surface area (Å²) < 4.78 is 0. The fourth-order valence-electron chi connectivity index (χ4n) is 1.59. The van der Waals surface area contributed by atoms with Crippen molar-refractivity contribution in [1.82, 2.24) is 0 Å². The number of Topliss-reactive ketones (excluding diaryl/α,β-unsaturated/α-hetero) is 1. The highest BCUT2D eigenvalue weighted by atomic mass is 16.1. The third kappa shape index (κ3) is 3.17. The van der Waals surface area contributed by atoms with Crippen molar-refractivity contribution in [1.29, 1.82) is 0 Å². The second kappa shape index (κ2) is 5.42. The number of nitrogens with two attached hydrogens (primary N) is 2. The molecule has 16 heavy (non-hydrogen) atoms. The van der Waals surface area contributed by atoms with Crippen LogP contribution in [0, 0.1) is 0 Å². The molecule has 0 aliphatic carbocycles. The summed E-state index contributed by atoms with van der Waals surface area (Å²) in [5.74, 6) is -1.19. The van der Waals surface area contributed by atoms with Gasteiger partial charge in [-0.25, -0.2) is 0 Å². The zero-order chi connectivity index (χ0) is 12.1. The molecule has 4 nitrogen and oxygen atoms in total. The van der Waals surface area contributed by atoms with E-state index in [1.807, 2.05) is 18.2 Å². The maximum absolute atomic E-state index is 11.8. The molecule has 0 fully saturated rings. The normalized spacial score (nSPS) is 14.1. The SMILES string of the molecule is C[C@H](N)C(=O)C(CC(N)=O)c1ccccc1. The van der Waals surface area contributed by atoms with Gasteiger partial charge in [-0.1, -0.05) is 30.3 Å². The predicted molar refractivity (Wildman–Crippen MR) is 61.7 cm³/mol. The van der Waals surface area contributed by atoms with Gasteiger partial charge in [-0.2, -0.15) is 0 Å². The lowest BCUT2D eigenvalue weighted by molar-refractivity contribution is -0.125. The standard InChI is InChI=1S/C12H16N2O2/c1-8(13)12(16)10(7-11(14)15)9-5-3-2-4-6-9/h2-6,8,10H,7,13H2,1H3,(H2,14,15)/t8-,10?/m0/s1. The molecule has 1 aromatic carbocycles. The van der Waals surface area contributed by atoms with Crippen LogP contribution in [0.5, 0.6) is 0 Å². The van der Waals surface area contributed by atoms with Gasteiger partial charge in [-0.15, -0.1) is 0 Å². The summed E-state index contributed by atoms with van der Waals surface area (Å²) in [5, 5.41) is 0. The Labute approximate surface area is 94.6 Å². The second-order valence-electron chi connectivity index (χ2n) is 3.82. The van der Waals surface area contributed by atoms with E-state index in [0.29, 0.717) is 0 Å². The molecule has 0 radical (unpaired) electrons. The Kier molecular flexibility index (Phi) is 4.19. The van der Waals surface area contributed by atoms with Crippen molar-refractivity contribution < 1.29 is 9.59 Å². The van der Waals surface area contributed by atoms with E-state index in [2.05, 4.69) is 0 Å². The van der Waals surface area contributed by atoms with E-state index < -0.39 is 17.9 Å². The summed E-state index contributed by atoms with van der Waals surface area (Å²) in [4.78, 5) is 22.8. The summed E-state index contributed by atoms with van der Waals surface area (Å²) in [6.07, 6.45) is 0.00435. The van der Waals surface area contributed by atoms with E-state index in [-0.39, 0.29) is 12.2 Å². The Morgan fingerprint density at radius 2 is 1.81 bits per heavy atom. The molecule has 2 atom stereocenters. The molecule has 4 heteroatoms. The monoisotopic (exact) mass is 220 g/mol. The molecule has 1 amide bonds. The number of amides is 1. The van der Waals surface area contributed by atoms with Crippen LogP contribution in [0.4, 0.5) is 0 Å². The quantitative estimate of drug-likeness (QED) is 0.760. The predicted octanol–water partition coefficient (Wildman–Crippen LogP) is 0.562. The summed E-state index contributed by atoms with van der Waals surface area (Å²) >= 11 is 0. The van der Waals surface area contributed by atoms with Gasteiger partial charge in [0.15, 0.2) is 5.78 Å². The average Bonchev–Trinajstić information content (AvgIpc) is 2.26. The summed E-state index contributed by atoms with van der Waals surface area (Å²) in [5.41, 5.74) is 11.5. The minimum absolute atomic E-state index is 0.00435. The Morgan fingerprint density at radius 1 is 1.25 bits per heavy atom. The van der Waals surface area contributed by atoms with Crippen molar-refractivity contribution in [3.63, 3.8) is 0 Å². The maximum atomic E-state index is 11.8. The number of benzene rings is 1. The molecule has 4 N–H and O–H groups in total. The van der Waals surface area contributed by atoms with Gasteiger partial charge in [0.2, 0.25) is 5.91 Å². The van der Waals surface area contributed by atoms with Crippen molar-refractivity contribution in [2.24, 2.45) is 11.5 Å². The minimum atomic E-state index is -0.593. The first-order chi connectivity index (χ1) is 7.52. The topological polar surface area (TPSA) is 86.2 Å². The highest BCUT2D eigenvalue weighted by Gasteiger charge is 2.24. The van der Waals surface area contributed by atoms with Crippen LogP contribution in [0.1, 0.15) is 24.8 Å². The summed E-state index contributed by atoms with van der Waals surface area (Å²) in [6, 6.07) is 8.49. The zero-order valence-corrected chi connectivity index (χ0v) is 9.22. The fraction of sp³-hybridized carbons (Fsp3) is 0.333. The highest BCUT2D eigenvalue weighted by Crippen LogP contribution is 2.21. The number of primary amides is 1. The first-order valence-corrected chi connectivity index (χ1v) is 5.15. The van der Waals surface area contributed by atoms with Crippen LogP contribution in [0.3, 0.4) is 0 Å². The van der Waals surface area contributed by atoms with Crippen LogP contribution in [-0.2, 0) is 9.59 Å². The Hall–Kier alpha value is -1.68. The Bertz CT molecular complexity index is 374. The molecule has 0 bridgehead atoms. The van der Waals surface area contributed by atoms with Crippen molar-refractivity contribution >= 4 is 11.7 Å². The molecule has 0 saturated heterocycles. The van der Waals surface area contributed by atoms with Crippen LogP contribution >= 0.6 is 0 Å². The largest absolute Gasteiger partial charge is 0.370 e. The molecule has 0 saturated carbocycles. The Balaban J connectivity index is 2.96. The van der Waals surface area contributed by atoms with Gasteiger partial charge >= 0.3 is 0 Å². The molecule has 0 spiro atoms. The van der Waals surface area contributed by atoms with Gasteiger partial charge in [-0.3, -0.25) is 9.59 Å². The molecule has 1 aromatic rings. The van der Waals surface area contributed by atoms with Gasteiger partial charge in [0.05, 0.1) is 12.0 Å². The van der Waals surface area contributed by atoms with Crippen LogP contribution < -0.4 is 11.5 Å². The second-order valence-corrected chi connectivity index (χ2v) is 3.82. The lowest BCUT2D eigenvalue weighted by atomic mass is 9.88. The Morgan fingerprint density at radius 3 is 2.25 bits per heavy atom. The van der Waals surface area contributed by atoms with Crippen molar-refractivity contribution in [2.75, 3.05) is 0 Å².